The molecule has 1 unspecified atom stereocenters. The fourth-order valence-electron chi connectivity index (χ4n) is 1.19. The molecule has 0 aromatic rings. The first-order chi connectivity index (χ1) is 4.47. The van der Waals surface area contributed by atoms with E-state index >= 15 is 0 Å². The van der Waals surface area contributed by atoms with Crippen LogP contribution in [0.5, 0.6) is 0 Å². The summed E-state index contributed by atoms with van der Waals surface area (Å²) < 4.78 is 3.37. The SMILES string of the molecule is C1=C2SSNC2CCC1. The molecule has 1 N–H and O–H groups in total. The third-order valence-electron chi connectivity index (χ3n) is 1.71. The molecule has 9 heavy (non-hydrogen) atoms. The van der Waals surface area contributed by atoms with Crippen LogP contribution in [0.25, 0.3) is 0 Å². The van der Waals surface area contributed by atoms with Crippen LogP contribution in [0, 0.1) is 0 Å². The molecule has 0 aromatic heterocycles. The fourth-order valence-corrected chi connectivity index (χ4v) is 3.58. The monoisotopic (exact) mass is 159 g/mol. The third kappa shape index (κ3) is 1.14. The number of rotatable bonds is 0. The Labute approximate surface area is 63.2 Å². The van der Waals surface area contributed by atoms with Gasteiger partial charge in [-0.05, 0) is 41.0 Å². The van der Waals surface area contributed by atoms with E-state index in [-0.39, 0.29) is 0 Å². The molecule has 2 aliphatic rings. The molecule has 0 radical (unpaired) electrons. The minimum absolute atomic E-state index is 0.703. The van der Waals surface area contributed by atoms with Crippen molar-refractivity contribution in [2.75, 3.05) is 0 Å². The molecule has 1 heterocycles. The minimum atomic E-state index is 0.703. The lowest BCUT2D eigenvalue weighted by Crippen LogP contribution is -2.19. The van der Waals surface area contributed by atoms with Gasteiger partial charge in [-0.2, -0.15) is 0 Å². The maximum atomic E-state index is 3.37. The molecule has 50 valence electrons. The molecule has 1 nitrogen and oxygen atoms in total. The van der Waals surface area contributed by atoms with Gasteiger partial charge in [0.05, 0.1) is 0 Å². The van der Waals surface area contributed by atoms with Gasteiger partial charge in [0.1, 0.15) is 0 Å². The summed E-state index contributed by atoms with van der Waals surface area (Å²) in [5.74, 6) is 0. The predicted octanol–water partition coefficient (Wildman–Crippen LogP) is 2.32. The lowest BCUT2D eigenvalue weighted by atomic mass is 10.0. The summed E-state index contributed by atoms with van der Waals surface area (Å²) >= 11 is 0. The van der Waals surface area contributed by atoms with E-state index in [2.05, 4.69) is 10.8 Å². The van der Waals surface area contributed by atoms with Crippen LogP contribution in [0.2, 0.25) is 0 Å². The zero-order valence-corrected chi connectivity index (χ0v) is 6.73. The maximum Gasteiger partial charge on any atom is 0.0494 e. The molecule has 0 saturated carbocycles. The van der Waals surface area contributed by atoms with Crippen LogP contribution in [-0.2, 0) is 0 Å². The largest absolute Gasteiger partial charge is 0.246 e. The number of nitrogens with one attached hydrogen (secondary N) is 1. The van der Waals surface area contributed by atoms with E-state index in [1.54, 1.807) is 15.9 Å². The standard InChI is InChI=1S/C6H9NS2/c1-2-4-6-5(3-1)7-9-8-6/h4-5,7H,1-3H2. The Balaban J connectivity index is 2.16. The van der Waals surface area contributed by atoms with Crippen LogP contribution in [0.4, 0.5) is 0 Å². The maximum absolute atomic E-state index is 3.37. The van der Waals surface area contributed by atoms with Crippen LogP contribution in [0.1, 0.15) is 19.3 Å². The Bertz CT molecular complexity index is 144. The van der Waals surface area contributed by atoms with Crippen LogP contribution in [0.3, 0.4) is 0 Å². The summed E-state index contributed by atoms with van der Waals surface area (Å²) in [5.41, 5.74) is 0. The van der Waals surface area contributed by atoms with Crippen molar-refractivity contribution in [3.8, 4) is 0 Å². The molecule has 0 amide bonds. The van der Waals surface area contributed by atoms with E-state index in [9.17, 15) is 0 Å². The lowest BCUT2D eigenvalue weighted by Gasteiger charge is -2.13. The Kier molecular flexibility index (Phi) is 1.75. The predicted molar refractivity (Wildman–Crippen MR) is 44.0 cm³/mol. The highest BCUT2D eigenvalue weighted by Crippen LogP contribution is 2.41. The normalized spacial score (nSPS) is 33.8. The lowest BCUT2D eigenvalue weighted by molar-refractivity contribution is 0.615. The van der Waals surface area contributed by atoms with Gasteiger partial charge in [0.25, 0.3) is 0 Å². The van der Waals surface area contributed by atoms with Crippen molar-refractivity contribution in [2.45, 2.75) is 25.3 Å². The molecule has 1 aliphatic carbocycles. The van der Waals surface area contributed by atoms with E-state index < -0.39 is 0 Å². The molecular formula is C6H9NS2. The molecule has 1 aliphatic heterocycles. The molecule has 0 spiro atoms. The molecule has 0 bridgehead atoms. The Morgan fingerprint density at radius 2 is 2.67 bits per heavy atom. The highest BCUT2D eigenvalue weighted by Gasteiger charge is 2.23. The molecule has 2 rings (SSSR count). The second-order valence-electron chi connectivity index (χ2n) is 2.37. The van der Waals surface area contributed by atoms with Gasteiger partial charge in [0.2, 0.25) is 0 Å². The first-order valence-electron chi connectivity index (χ1n) is 3.26. The molecule has 3 heteroatoms. The number of hydrogen-bond donors (Lipinski definition) is 1. The summed E-state index contributed by atoms with van der Waals surface area (Å²) in [6.07, 6.45) is 6.36. The van der Waals surface area contributed by atoms with Crippen LogP contribution in [0.15, 0.2) is 11.0 Å². The van der Waals surface area contributed by atoms with Crippen molar-refractivity contribution < 1.29 is 0 Å². The zero-order valence-electron chi connectivity index (χ0n) is 5.09. The first-order valence-corrected chi connectivity index (χ1v) is 5.41. The van der Waals surface area contributed by atoms with Crippen LogP contribution >= 0.6 is 21.8 Å². The highest BCUT2D eigenvalue weighted by atomic mass is 33.1. The van der Waals surface area contributed by atoms with Crippen molar-refractivity contribution in [3.63, 3.8) is 0 Å². The topological polar surface area (TPSA) is 12.0 Å². The van der Waals surface area contributed by atoms with Gasteiger partial charge in [0, 0.05) is 10.9 Å². The van der Waals surface area contributed by atoms with Crippen molar-refractivity contribution in [1.82, 2.24) is 4.72 Å². The quantitative estimate of drug-likeness (QED) is 0.430. The summed E-state index contributed by atoms with van der Waals surface area (Å²) in [7, 11) is 3.67. The Morgan fingerprint density at radius 1 is 1.67 bits per heavy atom. The smallest absolute Gasteiger partial charge is 0.0494 e. The average Bonchev–Trinajstić information content (AvgIpc) is 2.33. The Hall–Kier alpha value is 0.400. The Morgan fingerprint density at radius 3 is 3.56 bits per heavy atom. The van der Waals surface area contributed by atoms with E-state index in [1.165, 1.54) is 19.3 Å². The molecule has 0 aromatic carbocycles. The summed E-state index contributed by atoms with van der Waals surface area (Å²) in [4.78, 5) is 1.56. The second-order valence-corrected chi connectivity index (χ2v) is 4.41. The first kappa shape index (κ1) is 6.13. The van der Waals surface area contributed by atoms with E-state index in [1.807, 2.05) is 10.8 Å². The fraction of sp³-hybridized carbons (Fsp3) is 0.667. The van der Waals surface area contributed by atoms with E-state index in [0.717, 1.165) is 0 Å². The van der Waals surface area contributed by atoms with Gasteiger partial charge in [-0.3, -0.25) is 0 Å². The van der Waals surface area contributed by atoms with E-state index in [4.69, 9.17) is 0 Å². The van der Waals surface area contributed by atoms with Gasteiger partial charge in [-0.15, -0.1) is 0 Å². The van der Waals surface area contributed by atoms with E-state index in [0.29, 0.717) is 6.04 Å². The number of fused-ring (bicyclic) bond motifs is 1. The van der Waals surface area contributed by atoms with Gasteiger partial charge in [-0.25, -0.2) is 4.72 Å². The van der Waals surface area contributed by atoms with Gasteiger partial charge in [0.15, 0.2) is 0 Å². The molecule has 1 atom stereocenters. The van der Waals surface area contributed by atoms with Crippen molar-refractivity contribution >= 4 is 21.8 Å². The van der Waals surface area contributed by atoms with Gasteiger partial charge >= 0.3 is 0 Å². The number of allylic oxidation sites excluding steroid dienone is 1. The van der Waals surface area contributed by atoms with Crippen LogP contribution < -0.4 is 4.72 Å². The average molecular weight is 159 g/mol. The van der Waals surface area contributed by atoms with Gasteiger partial charge in [-0.1, -0.05) is 6.08 Å². The molecular weight excluding hydrogens is 150 g/mol. The summed E-state index contributed by atoms with van der Waals surface area (Å²) in [5, 5.41) is 0. The summed E-state index contributed by atoms with van der Waals surface area (Å²) in [6, 6.07) is 0.703. The van der Waals surface area contributed by atoms with Crippen molar-refractivity contribution in [2.24, 2.45) is 0 Å². The minimum Gasteiger partial charge on any atom is -0.246 e. The summed E-state index contributed by atoms with van der Waals surface area (Å²) in [6.45, 7) is 0. The zero-order chi connectivity index (χ0) is 6.10. The van der Waals surface area contributed by atoms with Gasteiger partial charge < -0.3 is 0 Å². The molecule has 1 fully saturated rings. The number of hydrogen-bond acceptors (Lipinski definition) is 3. The second kappa shape index (κ2) is 2.56. The van der Waals surface area contributed by atoms with Crippen LogP contribution in [-0.4, -0.2) is 6.04 Å². The third-order valence-corrected chi connectivity index (χ3v) is 3.94. The van der Waals surface area contributed by atoms with Crippen molar-refractivity contribution in [1.29, 1.82) is 0 Å². The molecule has 1 saturated heterocycles. The van der Waals surface area contributed by atoms with Crippen molar-refractivity contribution in [3.05, 3.63) is 11.0 Å². The highest BCUT2D eigenvalue weighted by molar-refractivity contribution is 8.78.